The summed E-state index contributed by atoms with van der Waals surface area (Å²) in [5, 5.41) is 3.31. The molecule has 6 heteroatoms. The number of carbonyl (C=O) groups excluding carboxylic acids is 2. The molecule has 0 saturated heterocycles. The topological polar surface area (TPSA) is 73.9 Å². The summed E-state index contributed by atoms with van der Waals surface area (Å²) >= 11 is 0. The largest absolute Gasteiger partial charge is 0.497 e. The zero-order valence-corrected chi connectivity index (χ0v) is 20.1. The Morgan fingerprint density at radius 2 is 1.79 bits per heavy atom. The molecule has 1 N–H and O–H groups in total. The predicted molar refractivity (Wildman–Crippen MR) is 130 cm³/mol. The molecular formula is C28H31NO5. The number of benzene rings is 2. The number of ether oxygens (including phenoxy) is 3. The van der Waals surface area contributed by atoms with E-state index in [1.807, 2.05) is 42.5 Å². The van der Waals surface area contributed by atoms with Gasteiger partial charge in [-0.05, 0) is 37.8 Å². The van der Waals surface area contributed by atoms with Crippen molar-refractivity contribution in [1.29, 1.82) is 0 Å². The number of rotatable bonds is 6. The third-order valence-corrected chi connectivity index (χ3v) is 6.49. The monoisotopic (exact) mass is 461 g/mol. The van der Waals surface area contributed by atoms with Gasteiger partial charge in [0.05, 0.1) is 20.3 Å². The molecular weight excluding hydrogens is 430 g/mol. The van der Waals surface area contributed by atoms with Crippen molar-refractivity contribution in [2.75, 3.05) is 14.2 Å². The van der Waals surface area contributed by atoms with Gasteiger partial charge in [0.1, 0.15) is 17.4 Å². The molecule has 0 aromatic heterocycles. The van der Waals surface area contributed by atoms with Gasteiger partial charge in [0.2, 0.25) is 0 Å². The molecule has 0 amide bonds. The highest BCUT2D eigenvalue weighted by atomic mass is 16.5. The highest BCUT2D eigenvalue weighted by molar-refractivity contribution is 6.01. The van der Waals surface area contributed by atoms with Crippen molar-refractivity contribution in [2.45, 2.75) is 44.6 Å². The fraction of sp³-hybridized carbons (Fsp3) is 0.357. The van der Waals surface area contributed by atoms with Gasteiger partial charge in [0.25, 0.3) is 0 Å². The van der Waals surface area contributed by atoms with Gasteiger partial charge in [-0.25, -0.2) is 0 Å². The first-order valence-electron chi connectivity index (χ1n) is 11.5. The summed E-state index contributed by atoms with van der Waals surface area (Å²) < 4.78 is 16.6. The lowest BCUT2D eigenvalue weighted by Gasteiger charge is -2.40. The molecule has 4 rings (SSSR count). The SMILES string of the molecule is C=C1NC2=C(C(=O)CC(c3ccccc3)C2)C(c2ccc(OC)cc2OC)C1C(=O)OC(C)C. The zero-order valence-electron chi connectivity index (χ0n) is 20.1. The Hall–Kier alpha value is -3.54. The van der Waals surface area contributed by atoms with E-state index in [0.717, 1.165) is 16.8 Å². The van der Waals surface area contributed by atoms with Crippen LogP contribution in [-0.2, 0) is 14.3 Å². The van der Waals surface area contributed by atoms with Gasteiger partial charge in [-0.2, -0.15) is 0 Å². The zero-order chi connectivity index (χ0) is 24.4. The van der Waals surface area contributed by atoms with Crippen molar-refractivity contribution in [3.63, 3.8) is 0 Å². The Balaban J connectivity index is 1.85. The maximum absolute atomic E-state index is 13.7. The van der Waals surface area contributed by atoms with E-state index < -0.39 is 17.8 Å². The summed E-state index contributed by atoms with van der Waals surface area (Å²) in [6, 6.07) is 15.5. The molecule has 6 nitrogen and oxygen atoms in total. The first kappa shape index (κ1) is 23.6. The van der Waals surface area contributed by atoms with E-state index >= 15 is 0 Å². The fourth-order valence-electron chi connectivity index (χ4n) is 5.00. The van der Waals surface area contributed by atoms with Crippen molar-refractivity contribution in [1.82, 2.24) is 5.32 Å². The molecule has 0 saturated carbocycles. The van der Waals surface area contributed by atoms with Crippen LogP contribution in [0, 0.1) is 5.92 Å². The molecule has 2 aromatic rings. The van der Waals surface area contributed by atoms with Gasteiger partial charge in [-0.15, -0.1) is 0 Å². The number of hydrogen-bond acceptors (Lipinski definition) is 6. The third-order valence-electron chi connectivity index (χ3n) is 6.49. The fourth-order valence-corrected chi connectivity index (χ4v) is 5.00. The van der Waals surface area contributed by atoms with E-state index in [9.17, 15) is 9.59 Å². The number of carbonyl (C=O) groups is 2. The molecule has 0 spiro atoms. The Kier molecular flexibility index (Phi) is 6.77. The standard InChI is InChI=1S/C28H31NO5/c1-16(2)34-28(31)25-17(3)29-22-13-19(18-9-7-6-8-10-18)14-23(30)27(22)26(25)21-12-11-20(32-4)15-24(21)33-5/h6-12,15-16,19,25-26,29H,3,13-14H2,1-2,4-5H3. The van der Waals surface area contributed by atoms with Gasteiger partial charge in [0.15, 0.2) is 5.78 Å². The second-order valence-electron chi connectivity index (χ2n) is 9.03. The van der Waals surface area contributed by atoms with E-state index in [2.05, 4.69) is 11.9 Å². The van der Waals surface area contributed by atoms with Gasteiger partial charge < -0.3 is 19.5 Å². The number of methoxy groups -OCH3 is 2. The molecule has 3 atom stereocenters. The lowest BCUT2D eigenvalue weighted by Crippen LogP contribution is -2.42. The molecule has 0 fully saturated rings. The predicted octanol–water partition coefficient (Wildman–Crippen LogP) is 4.87. The Morgan fingerprint density at radius 3 is 2.44 bits per heavy atom. The summed E-state index contributed by atoms with van der Waals surface area (Å²) in [7, 11) is 3.15. The highest BCUT2D eigenvalue weighted by Crippen LogP contribution is 2.49. The van der Waals surface area contributed by atoms with E-state index in [1.54, 1.807) is 34.1 Å². The molecule has 34 heavy (non-hydrogen) atoms. The number of nitrogens with one attached hydrogen (secondary N) is 1. The number of allylic oxidation sites excluding steroid dienone is 2. The number of Topliss-reactive ketones (excluding diaryl/α,β-unsaturated/α-hetero) is 1. The minimum absolute atomic E-state index is 0.0142. The molecule has 0 bridgehead atoms. The summed E-state index contributed by atoms with van der Waals surface area (Å²) in [4.78, 5) is 26.9. The Morgan fingerprint density at radius 1 is 1.06 bits per heavy atom. The van der Waals surface area contributed by atoms with Gasteiger partial charge in [-0.3, -0.25) is 9.59 Å². The van der Waals surface area contributed by atoms with Crippen LogP contribution in [-0.4, -0.2) is 32.1 Å². The van der Waals surface area contributed by atoms with Crippen molar-refractivity contribution < 1.29 is 23.8 Å². The summed E-state index contributed by atoms with van der Waals surface area (Å²) in [5.41, 5.74) is 3.79. The van der Waals surface area contributed by atoms with Crippen molar-refractivity contribution in [3.05, 3.63) is 83.2 Å². The van der Waals surface area contributed by atoms with E-state index in [0.29, 0.717) is 35.6 Å². The molecule has 2 aliphatic rings. The molecule has 1 heterocycles. The van der Waals surface area contributed by atoms with Crippen molar-refractivity contribution in [2.24, 2.45) is 5.92 Å². The average Bonchev–Trinajstić information content (AvgIpc) is 2.82. The van der Waals surface area contributed by atoms with Crippen molar-refractivity contribution in [3.8, 4) is 11.5 Å². The highest BCUT2D eigenvalue weighted by Gasteiger charge is 2.46. The molecule has 0 radical (unpaired) electrons. The minimum Gasteiger partial charge on any atom is -0.497 e. The van der Waals surface area contributed by atoms with Crippen LogP contribution in [0.2, 0.25) is 0 Å². The van der Waals surface area contributed by atoms with Gasteiger partial charge in [-0.1, -0.05) is 43.0 Å². The molecule has 1 aliphatic carbocycles. The Labute approximate surface area is 200 Å². The van der Waals surface area contributed by atoms with Gasteiger partial charge in [0, 0.05) is 40.9 Å². The third kappa shape index (κ3) is 4.45. The van der Waals surface area contributed by atoms with E-state index in [-0.39, 0.29) is 17.8 Å². The number of ketones is 1. The van der Waals surface area contributed by atoms with Crippen LogP contribution in [0.4, 0.5) is 0 Å². The van der Waals surface area contributed by atoms with Crippen LogP contribution in [0.5, 0.6) is 11.5 Å². The van der Waals surface area contributed by atoms with E-state index in [1.165, 1.54) is 0 Å². The van der Waals surface area contributed by atoms with Crippen LogP contribution >= 0.6 is 0 Å². The molecule has 2 aromatic carbocycles. The first-order valence-corrected chi connectivity index (χ1v) is 11.5. The van der Waals surface area contributed by atoms with Gasteiger partial charge >= 0.3 is 5.97 Å². The summed E-state index contributed by atoms with van der Waals surface area (Å²) in [6.07, 6.45) is 0.738. The smallest absolute Gasteiger partial charge is 0.316 e. The lowest BCUT2D eigenvalue weighted by molar-refractivity contribution is -0.151. The number of hydrogen-bond donors (Lipinski definition) is 1. The van der Waals surface area contributed by atoms with Crippen LogP contribution < -0.4 is 14.8 Å². The van der Waals surface area contributed by atoms with Crippen LogP contribution in [0.25, 0.3) is 0 Å². The minimum atomic E-state index is -0.763. The molecule has 1 aliphatic heterocycles. The summed E-state index contributed by atoms with van der Waals surface area (Å²) in [6.45, 7) is 7.79. The molecule has 3 unspecified atom stereocenters. The average molecular weight is 462 g/mol. The van der Waals surface area contributed by atoms with Crippen LogP contribution in [0.15, 0.2) is 72.1 Å². The second kappa shape index (κ2) is 9.75. The molecule has 178 valence electrons. The first-order chi connectivity index (χ1) is 16.3. The normalized spacial score (nSPS) is 22.2. The van der Waals surface area contributed by atoms with Crippen molar-refractivity contribution >= 4 is 11.8 Å². The second-order valence-corrected chi connectivity index (χ2v) is 9.03. The lowest BCUT2D eigenvalue weighted by atomic mass is 9.69. The maximum atomic E-state index is 13.7. The van der Waals surface area contributed by atoms with E-state index in [4.69, 9.17) is 14.2 Å². The quantitative estimate of drug-likeness (QED) is 0.619. The number of esters is 1. The van der Waals surface area contributed by atoms with Crippen LogP contribution in [0.1, 0.15) is 49.7 Å². The summed E-state index contributed by atoms with van der Waals surface area (Å²) in [5.74, 6) is -0.500. The van der Waals surface area contributed by atoms with Crippen LogP contribution in [0.3, 0.4) is 0 Å². The Bertz CT molecular complexity index is 1130. The maximum Gasteiger partial charge on any atom is 0.316 e.